The number of aliphatic hydroxyl groups excluding tert-OH is 1. The highest BCUT2D eigenvalue weighted by atomic mass is 16.5. The summed E-state index contributed by atoms with van der Waals surface area (Å²) >= 11 is 0. The van der Waals surface area contributed by atoms with Gasteiger partial charge in [0, 0.05) is 18.9 Å². The summed E-state index contributed by atoms with van der Waals surface area (Å²) in [6.45, 7) is 0.434. The second kappa shape index (κ2) is 6.19. The van der Waals surface area contributed by atoms with Crippen LogP contribution in [0.15, 0.2) is 18.2 Å². The summed E-state index contributed by atoms with van der Waals surface area (Å²) in [5.74, 6) is 0.610. The maximum atomic E-state index is 9.10. The number of nitrogen functional groups attached to an aromatic ring is 1. The van der Waals surface area contributed by atoms with Crippen LogP contribution in [0.1, 0.15) is 0 Å². The lowest BCUT2D eigenvalue weighted by atomic mass is 10.2. The summed E-state index contributed by atoms with van der Waals surface area (Å²) < 4.78 is 10.1. The molecule has 1 atom stereocenters. The van der Waals surface area contributed by atoms with Crippen LogP contribution < -0.4 is 15.8 Å². The van der Waals surface area contributed by atoms with Gasteiger partial charge in [0.25, 0.3) is 0 Å². The average Bonchev–Trinajstić information content (AvgIpc) is 2.30. The maximum absolute atomic E-state index is 9.10. The van der Waals surface area contributed by atoms with E-state index >= 15 is 0 Å². The van der Waals surface area contributed by atoms with Gasteiger partial charge in [0.1, 0.15) is 5.75 Å². The molecule has 0 saturated heterocycles. The Morgan fingerprint density at radius 1 is 1.44 bits per heavy atom. The first-order valence-corrected chi connectivity index (χ1v) is 5.01. The van der Waals surface area contributed by atoms with Gasteiger partial charge in [-0.05, 0) is 12.1 Å². The maximum Gasteiger partial charge on any atom is 0.143 e. The Kier molecular flexibility index (Phi) is 4.88. The van der Waals surface area contributed by atoms with E-state index in [0.29, 0.717) is 18.0 Å². The fourth-order valence-electron chi connectivity index (χ4n) is 1.38. The molecular formula is C11H18N2O3. The van der Waals surface area contributed by atoms with E-state index in [2.05, 4.69) is 5.32 Å². The van der Waals surface area contributed by atoms with Crippen LogP contribution in [0.4, 0.5) is 11.4 Å². The van der Waals surface area contributed by atoms with E-state index < -0.39 is 0 Å². The molecule has 0 radical (unpaired) electrons. The molecule has 5 nitrogen and oxygen atoms in total. The van der Waals surface area contributed by atoms with E-state index in [9.17, 15) is 0 Å². The zero-order chi connectivity index (χ0) is 12.0. The van der Waals surface area contributed by atoms with Crippen molar-refractivity contribution in [3.63, 3.8) is 0 Å². The van der Waals surface area contributed by atoms with Crippen molar-refractivity contribution in [3.05, 3.63) is 18.2 Å². The number of ether oxygens (including phenoxy) is 2. The molecule has 0 fully saturated rings. The predicted molar refractivity (Wildman–Crippen MR) is 63.8 cm³/mol. The molecule has 0 spiro atoms. The van der Waals surface area contributed by atoms with E-state index in [1.54, 1.807) is 26.4 Å². The molecule has 5 heteroatoms. The van der Waals surface area contributed by atoms with Crippen LogP contribution >= 0.6 is 0 Å². The van der Waals surface area contributed by atoms with Gasteiger partial charge < -0.3 is 25.6 Å². The summed E-state index contributed by atoms with van der Waals surface area (Å²) in [6.07, 6.45) is 0. The van der Waals surface area contributed by atoms with Gasteiger partial charge >= 0.3 is 0 Å². The standard InChI is InChI=1S/C11H18N2O3/c1-15-7-9(6-14)13-8-3-4-10(12)11(5-8)16-2/h3-5,9,13-14H,6-7,12H2,1-2H3. The largest absolute Gasteiger partial charge is 0.495 e. The van der Waals surface area contributed by atoms with Crippen LogP contribution in [-0.2, 0) is 4.74 Å². The molecule has 0 aliphatic heterocycles. The zero-order valence-electron chi connectivity index (χ0n) is 9.56. The molecule has 0 aliphatic rings. The van der Waals surface area contributed by atoms with Crippen molar-refractivity contribution in [3.8, 4) is 5.75 Å². The van der Waals surface area contributed by atoms with Gasteiger partial charge in [0.15, 0.2) is 0 Å². The molecule has 1 aromatic carbocycles. The summed E-state index contributed by atoms with van der Waals surface area (Å²) in [5.41, 5.74) is 7.11. The fraction of sp³-hybridized carbons (Fsp3) is 0.455. The topological polar surface area (TPSA) is 76.7 Å². The molecule has 1 unspecified atom stereocenters. The van der Waals surface area contributed by atoms with Crippen molar-refractivity contribution in [1.29, 1.82) is 0 Å². The summed E-state index contributed by atoms with van der Waals surface area (Å²) in [5, 5.41) is 12.2. The number of methoxy groups -OCH3 is 2. The minimum Gasteiger partial charge on any atom is -0.495 e. The Hall–Kier alpha value is -1.46. The van der Waals surface area contributed by atoms with Crippen molar-refractivity contribution in [2.24, 2.45) is 0 Å². The molecule has 0 aliphatic carbocycles. The lowest BCUT2D eigenvalue weighted by Crippen LogP contribution is -2.28. The molecule has 0 amide bonds. The van der Waals surface area contributed by atoms with Crippen molar-refractivity contribution < 1.29 is 14.6 Å². The van der Waals surface area contributed by atoms with Crippen LogP contribution in [0.25, 0.3) is 0 Å². The van der Waals surface area contributed by atoms with Crippen molar-refractivity contribution in [2.75, 3.05) is 38.5 Å². The third-order valence-electron chi connectivity index (χ3n) is 2.19. The van der Waals surface area contributed by atoms with Crippen molar-refractivity contribution in [2.45, 2.75) is 6.04 Å². The van der Waals surface area contributed by atoms with Crippen molar-refractivity contribution >= 4 is 11.4 Å². The lowest BCUT2D eigenvalue weighted by Gasteiger charge is -2.17. The molecular weight excluding hydrogens is 208 g/mol. The third kappa shape index (κ3) is 3.29. The molecule has 0 bridgehead atoms. The Labute approximate surface area is 95.2 Å². The first-order valence-electron chi connectivity index (χ1n) is 5.01. The summed E-state index contributed by atoms with van der Waals surface area (Å²) in [7, 11) is 3.15. The third-order valence-corrected chi connectivity index (χ3v) is 2.19. The quantitative estimate of drug-likeness (QED) is 0.622. The Morgan fingerprint density at radius 2 is 2.19 bits per heavy atom. The van der Waals surface area contributed by atoms with Crippen LogP contribution in [0.5, 0.6) is 5.75 Å². The Bertz CT molecular complexity index is 331. The van der Waals surface area contributed by atoms with Crippen molar-refractivity contribution in [1.82, 2.24) is 0 Å². The number of nitrogens with one attached hydrogen (secondary N) is 1. The van der Waals surface area contributed by atoms with Gasteiger partial charge in [-0.1, -0.05) is 0 Å². The van der Waals surface area contributed by atoms with Crippen LogP contribution in [-0.4, -0.2) is 38.6 Å². The van der Waals surface area contributed by atoms with Gasteiger partial charge in [-0.15, -0.1) is 0 Å². The van der Waals surface area contributed by atoms with Crippen LogP contribution in [0.2, 0.25) is 0 Å². The Balaban J connectivity index is 2.72. The molecule has 4 N–H and O–H groups in total. The monoisotopic (exact) mass is 226 g/mol. The second-order valence-electron chi connectivity index (χ2n) is 3.44. The van der Waals surface area contributed by atoms with Crippen LogP contribution in [0, 0.1) is 0 Å². The lowest BCUT2D eigenvalue weighted by molar-refractivity contribution is 0.153. The molecule has 1 rings (SSSR count). The van der Waals surface area contributed by atoms with E-state index in [1.807, 2.05) is 6.07 Å². The van der Waals surface area contributed by atoms with Crippen LogP contribution in [0.3, 0.4) is 0 Å². The molecule has 90 valence electrons. The predicted octanol–water partition coefficient (Wildman–Crippen LogP) is 0.697. The summed E-state index contributed by atoms with van der Waals surface area (Å²) in [4.78, 5) is 0. The van der Waals surface area contributed by atoms with Gasteiger partial charge in [-0.2, -0.15) is 0 Å². The molecule has 1 aromatic rings. The van der Waals surface area contributed by atoms with Gasteiger partial charge in [-0.3, -0.25) is 0 Å². The molecule has 0 saturated carbocycles. The Morgan fingerprint density at radius 3 is 2.75 bits per heavy atom. The normalized spacial score (nSPS) is 12.2. The average molecular weight is 226 g/mol. The first kappa shape index (κ1) is 12.6. The highest BCUT2D eigenvalue weighted by Gasteiger charge is 2.08. The number of anilines is 2. The van der Waals surface area contributed by atoms with E-state index in [-0.39, 0.29) is 12.6 Å². The fourth-order valence-corrected chi connectivity index (χ4v) is 1.38. The number of hydrogen-bond donors (Lipinski definition) is 3. The SMILES string of the molecule is COCC(CO)Nc1ccc(N)c(OC)c1. The van der Waals surface area contributed by atoms with Gasteiger partial charge in [0.2, 0.25) is 0 Å². The smallest absolute Gasteiger partial charge is 0.143 e. The minimum atomic E-state index is -0.140. The summed E-state index contributed by atoms with van der Waals surface area (Å²) in [6, 6.07) is 5.23. The minimum absolute atomic E-state index is 0.000528. The molecule has 0 aromatic heterocycles. The highest BCUT2D eigenvalue weighted by molar-refractivity contribution is 5.61. The zero-order valence-corrected chi connectivity index (χ0v) is 9.56. The number of aliphatic hydroxyl groups is 1. The second-order valence-corrected chi connectivity index (χ2v) is 3.44. The van der Waals surface area contributed by atoms with Gasteiger partial charge in [0.05, 0.1) is 32.1 Å². The number of nitrogens with two attached hydrogens (primary N) is 1. The first-order chi connectivity index (χ1) is 7.71. The molecule has 0 heterocycles. The number of benzene rings is 1. The van der Waals surface area contributed by atoms with Gasteiger partial charge in [-0.25, -0.2) is 0 Å². The van der Waals surface area contributed by atoms with E-state index in [0.717, 1.165) is 5.69 Å². The van der Waals surface area contributed by atoms with E-state index in [4.69, 9.17) is 20.3 Å². The number of rotatable bonds is 6. The molecule has 16 heavy (non-hydrogen) atoms. The number of hydrogen-bond acceptors (Lipinski definition) is 5. The van der Waals surface area contributed by atoms with E-state index in [1.165, 1.54) is 0 Å². The highest BCUT2D eigenvalue weighted by Crippen LogP contribution is 2.25.